The van der Waals surface area contributed by atoms with Crippen LogP contribution in [0.3, 0.4) is 0 Å². The fraction of sp³-hybridized carbons (Fsp3) is 0.214. The van der Waals surface area contributed by atoms with Crippen LogP contribution >= 0.6 is 35.6 Å². The van der Waals surface area contributed by atoms with E-state index in [-0.39, 0.29) is 18.9 Å². The molecular formula is C14H12ClNO3S2. The van der Waals surface area contributed by atoms with E-state index in [0.29, 0.717) is 14.2 Å². The number of carbonyl (C=O) groups is 2. The zero-order valence-electron chi connectivity index (χ0n) is 11.1. The molecule has 2 rings (SSSR count). The summed E-state index contributed by atoms with van der Waals surface area (Å²) < 4.78 is 0.393. The highest BCUT2D eigenvalue weighted by Gasteiger charge is 2.33. The first-order valence-corrected chi connectivity index (χ1v) is 7.72. The van der Waals surface area contributed by atoms with E-state index >= 15 is 0 Å². The van der Waals surface area contributed by atoms with Gasteiger partial charge in [-0.15, -0.1) is 0 Å². The smallest absolute Gasteiger partial charge is 0.305 e. The van der Waals surface area contributed by atoms with Crippen LogP contribution in [0.2, 0.25) is 5.02 Å². The Morgan fingerprint density at radius 1 is 1.38 bits per heavy atom. The average molecular weight is 342 g/mol. The van der Waals surface area contributed by atoms with Gasteiger partial charge in [-0.05, 0) is 30.2 Å². The molecule has 1 saturated heterocycles. The number of rotatable bonds is 4. The second-order valence-corrected chi connectivity index (χ2v) is 6.51. The molecule has 110 valence electrons. The lowest BCUT2D eigenvalue weighted by Gasteiger charge is -2.12. The van der Waals surface area contributed by atoms with Crippen molar-refractivity contribution in [2.75, 3.05) is 6.54 Å². The first-order chi connectivity index (χ1) is 9.90. The number of aliphatic carboxylic acids is 1. The molecule has 1 aromatic rings. The topological polar surface area (TPSA) is 57.6 Å². The van der Waals surface area contributed by atoms with Crippen molar-refractivity contribution in [1.82, 2.24) is 4.90 Å². The Kier molecular flexibility index (Phi) is 5.03. The molecule has 1 fully saturated rings. The number of hydrogen-bond acceptors (Lipinski definition) is 4. The number of benzene rings is 1. The average Bonchev–Trinajstić information content (AvgIpc) is 2.72. The number of nitrogens with zero attached hydrogens (tertiary/aromatic N) is 1. The molecule has 1 aliphatic heterocycles. The second kappa shape index (κ2) is 6.60. The highest BCUT2D eigenvalue weighted by Crippen LogP contribution is 2.36. The highest BCUT2D eigenvalue weighted by molar-refractivity contribution is 8.26. The number of thioether (sulfide) groups is 1. The van der Waals surface area contributed by atoms with Crippen LogP contribution in [0.5, 0.6) is 0 Å². The van der Waals surface area contributed by atoms with Gasteiger partial charge in [-0.1, -0.05) is 47.7 Å². The summed E-state index contributed by atoms with van der Waals surface area (Å²) >= 11 is 12.2. The van der Waals surface area contributed by atoms with E-state index in [1.165, 1.54) is 16.7 Å². The summed E-state index contributed by atoms with van der Waals surface area (Å²) in [5.41, 5.74) is 1.69. The zero-order valence-corrected chi connectivity index (χ0v) is 13.5. The third-order valence-electron chi connectivity index (χ3n) is 3.02. The van der Waals surface area contributed by atoms with Crippen molar-refractivity contribution in [2.45, 2.75) is 13.3 Å². The molecule has 4 nitrogen and oxygen atoms in total. The lowest BCUT2D eigenvalue weighted by atomic mass is 10.1. The quantitative estimate of drug-likeness (QED) is 0.672. The molecule has 7 heteroatoms. The van der Waals surface area contributed by atoms with Crippen molar-refractivity contribution in [3.8, 4) is 0 Å². The molecule has 21 heavy (non-hydrogen) atoms. The number of hydrogen-bond donors (Lipinski definition) is 1. The molecular weight excluding hydrogens is 330 g/mol. The molecule has 1 N–H and O–H groups in total. The molecule has 1 amide bonds. The molecule has 0 radical (unpaired) electrons. The number of amides is 1. The van der Waals surface area contributed by atoms with Crippen LogP contribution in [0.1, 0.15) is 18.9 Å². The number of carbonyl (C=O) groups excluding carboxylic acids is 1. The van der Waals surface area contributed by atoms with Gasteiger partial charge in [-0.2, -0.15) is 0 Å². The van der Waals surface area contributed by atoms with E-state index in [2.05, 4.69) is 0 Å². The second-order valence-electron chi connectivity index (χ2n) is 4.43. The molecule has 0 spiro atoms. The fourth-order valence-corrected chi connectivity index (χ4v) is 3.34. The Balaban J connectivity index is 2.26. The maximum atomic E-state index is 12.4. The molecule has 0 aliphatic carbocycles. The van der Waals surface area contributed by atoms with Crippen LogP contribution in [0.25, 0.3) is 5.57 Å². The van der Waals surface area contributed by atoms with Gasteiger partial charge in [0.25, 0.3) is 5.91 Å². The van der Waals surface area contributed by atoms with Crippen LogP contribution in [0.15, 0.2) is 29.2 Å². The monoisotopic (exact) mass is 341 g/mol. The van der Waals surface area contributed by atoms with Gasteiger partial charge in [0.1, 0.15) is 4.32 Å². The molecule has 0 atom stereocenters. The molecule has 1 aromatic carbocycles. The Morgan fingerprint density at radius 2 is 2.00 bits per heavy atom. The van der Waals surface area contributed by atoms with Crippen LogP contribution in [-0.4, -0.2) is 32.7 Å². The predicted molar refractivity (Wildman–Crippen MR) is 88.2 cm³/mol. The number of halogens is 1. The third-order valence-corrected chi connectivity index (χ3v) is 4.82. The van der Waals surface area contributed by atoms with Crippen LogP contribution in [-0.2, 0) is 9.59 Å². The minimum atomic E-state index is -0.956. The molecule has 1 aliphatic rings. The van der Waals surface area contributed by atoms with Gasteiger partial charge in [-0.25, -0.2) is 0 Å². The standard InChI is InChI=1S/C14H12ClNO3S2/c1-8(9-2-4-10(15)5-3-9)12-13(19)16(14(20)21-12)7-6-11(17)18/h2-5H,6-7H2,1H3,(H,17,18). The summed E-state index contributed by atoms with van der Waals surface area (Å²) in [6.45, 7) is 1.93. The summed E-state index contributed by atoms with van der Waals surface area (Å²) in [6, 6.07) is 7.18. The molecule has 0 bridgehead atoms. The van der Waals surface area contributed by atoms with Crippen molar-refractivity contribution in [1.29, 1.82) is 0 Å². The normalized spacial score (nSPS) is 17.3. The van der Waals surface area contributed by atoms with Gasteiger partial charge >= 0.3 is 5.97 Å². The first-order valence-electron chi connectivity index (χ1n) is 6.12. The minimum Gasteiger partial charge on any atom is -0.481 e. The molecule has 0 unspecified atom stereocenters. The summed E-state index contributed by atoms with van der Waals surface area (Å²) in [6.07, 6.45) is -0.125. The van der Waals surface area contributed by atoms with Crippen LogP contribution < -0.4 is 0 Å². The summed E-state index contributed by atoms with van der Waals surface area (Å²) in [4.78, 5) is 24.8. The van der Waals surface area contributed by atoms with E-state index in [4.69, 9.17) is 28.9 Å². The van der Waals surface area contributed by atoms with Crippen molar-refractivity contribution in [3.05, 3.63) is 39.8 Å². The van der Waals surface area contributed by atoms with Gasteiger partial charge in [-0.3, -0.25) is 14.5 Å². The lowest BCUT2D eigenvalue weighted by molar-refractivity contribution is -0.137. The van der Waals surface area contributed by atoms with Crippen LogP contribution in [0.4, 0.5) is 0 Å². The largest absolute Gasteiger partial charge is 0.481 e. The fourth-order valence-electron chi connectivity index (χ4n) is 1.86. The highest BCUT2D eigenvalue weighted by atomic mass is 35.5. The number of allylic oxidation sites excluding steroid dienone is 1. The Morgan fingerprint density at radius 3 is 2.57 bits per heavy atom. The van der Waals surface area contributed by atoms with Crippen molar-refractivity contribution < 1.29 is 14.7 Å². The SMILES string of the molecule is CC(=C1SC(=S)N(CCC(=O)O)C1=O)c1ccc(Cl)cc1. The van der Waals surface area contributed by atoms with Crippen LogP contribution in [0, 0.1) is 0 Å². The minimum absolute atomic E-state index is 0.0946. The van der Waals surface area contributed by atoms with Crippen molar-refractivity contribution in [2.24, 2.45) is 0 Å². The van der Waals surface area contributed by atoms with Gasteiger partial charge in [0.15, 0.2) is 0 Å². The third kappa shape index (κ3) is 3.64. The number of carboxylic acids is 1. The van der Waals surface area contributed by atoms with Crippen molar-refractivity contribution >= 4 is 57.4 Å². The first kappa shape index (κ1) is 16.0. The molecule has 0 aromatic heterocycles. The van der Waals surface area contributed by atoms with Gasteiger partial charge in [0.05, 0.1) is 11.3 Å². The summed E-state index contributed by atoms with van der Waals surface area (Å²) in [5, 5.41) is 9.34. The summed E-state index contributed by atoms with van der Waals surface area (Å²) in [7, 11) is 0. The van der Waals surface area contributed by atoms with E-state index in [9.17, 15) is 9.59 Å². The van der Waals surface area contributed by atoms with E-state index in [1.54, 1.807) is 12.1 Å². The molecule has 1 heterocycles. The van der Waals surface area contributed by atoms with Gasteiger partial charge in [0, 0.05) is 11.6 Å². The Labute approximate surface area is 136 Å². The Hall–Kier alpha value is -1.37. The van der Waals surface area contributed by atoms with Gasteiger partial charge in [0.2, 0.25) is 0 Å². The van der Waals surface area contributed by atoms with Crippen molar-refractivity contribution in [3.63, 3.8) is 0 Å². The maximum absolute atomic E-state index is 12.4. The van der Waals surface area contributed by atoms with E-state index in [1.807, 2.05) is 19.1 Å². The lowest BCUT2D eigenvalue weighted by Crippen LogP contribution is -2.30. The zero-order chi connectivity index (χ0) is 15.6. The molecule has 0 saturated carbocycles. The maximum Gasteiger partial charge on any atom is 0.305 e. The number of carboxylic acid groups (broad SMARTS) is 1. The van der Waals surface area contributed by atoms with Gasteiger partial charge < -0.3 is 5.11 Å². The number of thiocarbonyl (C=S) groups is 1. The van der Waals surface area contributed by atoms with E-state index < -0.39 is 5.97 Å². The van der Waals surface area contributed by atoms with E-state index in [0.717, 1.165) is 11.1 Å². The Bertz CT molecular complexity index is 640. The summed E-state index contributed by atoms with van der Waals surface area (Å²) in [5.74, 6) is -1.19. The predicted octanol–water partition coefficient (Wildman–Crippen LogP) is 3.41.